The van der Waals surface area contributed by atoms with Gasteiger partial charge in [-0.05, 0) is 11.0 Å². The van der Waals surface area contributed by atoms with Gasteiger partial charge in [0.25, 0.3) is 0 Å². The maximum absolute atomic E-state index is 0. The van der Waals surface area contributed by atoms with Crippen molar-refractivity contribution in [3.05, 3.63) is 0 Å². The largest absolute Gasteiger partial charge is 0.187 e. The molecule has 29 valence electrons. The van der Waals surface area contributed by atoms with Gasteiger partial charge in [0, 0.05) is 61.5 Å². The molecular weight excluding hydrogens is 248 g/mol. The minimum absolute atomic E-state index is 0. The summed E-state index contributed by atoms with van der Waals surface area (Å²) < 4.78 is 0. The molecule has 0 N–H and O–H groups in total. The van der Waals surface area contributed by atoms with Crippen molar-refractivity contribution in [1.82, 2.24) is 0 Å². The summed E-state index contributed by atoms with van der Waals surface area (Å²) in [5.41, 5.74) is 0. The van der Waals surface area contributed by atoms with Crippen molar-refractivity contribution in [2.75, 3.05) is 0 Å². The van der Waals surface area contributed by atoms with Gasteiger partial charge in [-0.25, -0.2) is 0 Å². The molecule has 0 heterocycles. The van der Waals surface area contributed by atoms with E-state index in [1.165, 1.54) is 0 Å². The summed E-state index contributed by atoms with van der Waals surface area (Å²) in [6.45, 7) is 0. The van der Waals surface area contributed by atoms with Crippen LogP contribution in [0, 0.1) is 0 Å². The van der Waals surface area contributed by atoms with E-state index in [1.54, 1.807) is 0 Å². The third-order valence-electron chi connectivity index (χ3n) is 0. The normalized spacial score (nSPS) is 0. The van der Waals surface area contributed by atoms with Gasteiger partial charge in [0.2, 0.25) is 0 Å². The van der Waals surface area contributed by atoms with Gasteiger partial charge in [-0.2, -0.15) is 0 Å². The molecule has 0 unspecified atom stereocenters. The molecule has 0 aromatic rings. The van der Waals surface area contributed by atoms with Crippen LogP contribution in [0.5, 0.6) is 0 Å². The van der Waals surface area contributed by atoms with Gasteiger partial charge < -0.3 is 0 Å². The van der Waals surface area contributed by atoms with E-state index in [0.29, 0.717) is 0 Å². The summed E-state index contributed by atoms with van der Waals surface area (Å²) in [4.78, 5) is 0. The molecule has 0 aromatic heterocycles. The molecule has 0 aromatic carbocycles. The van der Waals surface area contributed by atoms with Gasteiger partial charge in [-0.15, -0.1) is 0 Å². The fraction of sp³-hybridized carbons (Fsp3) is 0. The molecule has 0 nitrogen and oxygen atoms in total. The Labute approximate surface area is 88.5 Å². The van der Waals surface area contributed by atoms with Crippen LogP contribution < -0.4 is 0 Å². The van der Waals surface area contributed by atoms with Crippen LogP contribution in [-0.2, 0) is 61.5 Å². The van der Waals surface area contributed by atoms with E-state index in [2.05, 4.69) is 0 Å². The van der Waals surface area contributed by atoms with Crippen molar-refractivity contribution in [2.24, 2.45) is 0 Å². The Hall–Kier alpha value is 2.74. The Kier molecular flexibility index (Phi) is 278. The third-order valence-corrected chi connectivity index (χ3v) is 0. The van der Waals surface area contributed by atoms with Crippen molar-refractivity contribution in [3.8, 4) is 0 Å². The van der Waals surface area contributed by atoms with E-state index in [0.717, 1.165) is 0 Å². The molecule has 0 amide bonds. The second-order valence-corrected chi connectivity index (χ2v) is 0. The number of hydrogen-bond donors (Lipinski definition) is 0. The molecule has 0 aliphatic carbocycles. The summed E-state index contributed by atoms with van der Waals surface area (Å²) in [6.07, 6.45) is 0. The van der Waals surface area contributed by atoms with E-state index in [-0.39, 0.29) is 89.8 Å². The SMILES string of the molecule is [AlH3].[Cr].[Nb].[SiH4].[Ti]. The predicted octanol–water partition coefficient (Wildman–Crippen LogP) is -2.64. The van der Waals surface area contributed by atoms with Gasteiger partial charge in [0.15, 0.2) is 17.4 Å². The molecule has 0 rings (SSSR count). The van der Waals surface area contributed by atoms with Crippen LogP contribution in [0.1, 0.15) is 0 Å². The van der Waals surface area contributed by atoms with E-state index < -0.39 is 0 Å². The van der Waals surface area contributed by atoms with Gasteiger partial charge in [-0.3, -0.25) is 0 Å². The molecule has 0 aliphatic heterocycles. The molecule has 0 atom stereocenters. The maximum atomic E-state index is 0. The van der Waals surface area contributed by atoms with E-state index >= 15 is 0 Å². The zero-order valence-electron chi connectivity index (χ0n) is 1.36. The smallest absolute Gasteiger partial charge is 0.0149 e. The van der Waals surface area contributed by atoms with Gasteiger partial charge in [0.05, 0.1) is 0 Å². The Balaban J connectivity index is 0. The summed E-state index contributed by atoms with van der Waals surface area (Å²) in [7, 11) is 0. The minimum atomic E-state index is 0. The van der Waals surface area contributed by atoms with E-state index in [1.807, 2.05) is 0 Å². The van der Waals surface area contributed by atoms with Crippen LogP contribution >= 0.6 is 0 Å². The van der Waals surface area contributed by atoms with Crippen molar-refractivity contribution in [2.45, 2.75) is 0 Å². The van der Waals surface area contributed by atoms with Crippen LogP contribution in [-0.4, -0.2) is 28.3 Å². The standard InChI is InChI=1S/Al.Cr.Nb.H4Si.Ti.3H/h;;;1H4;;;;. The first-order valence-electron chi connectivity index (χ1n) is 0. The van der Waals surface area contributed by atoms with Gasteiger partial charge >= 0.3 is 0 Å². The Bertz CT molecular complexity index is 11.6. The van der Waals surface area contributed by atoms with E-state index in [4.69, 9.17) is 0 Å². The van der Waals surface area contributed by atoms with Gasteiger partial charge in [-0.1, -0.05) is 0 Å². The van der Waals surface area contributed by atoms with Crippen LogP contribution in [0.4, 0.5) is 0 Å². The molecule has 5 heavy (non-hydrogen) atoms. The monoisotopic (exact) mass is 255 g/mol. The average Bonchev–Trinajstić information content (AvgIpc) is 0. The number of hydrogen-bond acceptors (Lipinski definition) is 0. The zero-order chi connectivity index (χ0) is 0. The fourth-order valence-electron chi connectivity index (χ4n) is 0. The molecular formula is H7AlCrNbSiTi. The molecule has 1 radical (unpaired) electrons. The summed E-state index contributed by atoms with van der Waals surface area (Å²) in [6, 6.07) is 0. The van der Waals surface area contributed by atoms with Crippen molar-refractivity contribution in [3.63, 3.8) is 0 Å². The predicted molar refractivity (Wildman–Crippen MR) is 21.3 cm³/mol. The molecule has 0 saturated carbocycles. The quantitative estimate of drug-likeness (QED) is 0.415. The first kappa shape index (κ1) is 46.9. The zero-order valence-corrected chi connectivity index (χ0v) is 6.39. The average molecular weight is 255 g/mol. The molecule has 0 aliphatic rings. The van der Waals surface area contributed by atoms with Gasteiger partial charge in [0.1, 0.15) is 0 Å². The van der Waals surface area contributed by atoms with Crippen molar-refractivity contribution >= 4 is 28.3 Å². The first-order valence-corrected chi connectivity index (χ1v) is 0. The van der Waals surface area contributed by atoms with Crippen LogP contribution in [0.15, 0.2) is 0 Å². The summed E-state index contributed by atoms with van der Waals surface area (Å²) in [5.74, 6) is 0. The first-order chi connectivity index (χ1) is 0. The second kappa shape index (κ2) is 29.6. The Morgan fingerprint density at radius 1 is 1.00 bits per heavy atom. The Morgan fingerprint density at radius 3 is 1.00 bits per heavy atom. The third kappa shape index (κ3) is 20.2. The molecule has 5 heteroatoms. The maximum Gasteiger partial charge on any atom is 0.187 e. The van der Waals surface area contributed by atoms with Crippen LogP contribution in [0.2, 0.25) is 0 Å². The molecule has 0 saturated heterocycles. The summed E-state index contributed by atoms with van der Waals surface area (Å²) in [5, 5.41) is 0. The summed E-state index contributed by atoms with van der Waals surface area (Å²) >= 11 is 0. The molecule has 0 spiro atoms. The molecule has 0 fully saturated rings. The topological polar surface area (TPSA) is 0 Å². The minimum Gasteiger partial charge on any atom is -0.0149 e. The second-order valence-electron chi connectivity index (χ2n) is 0. The van der Waals surface area contributed by atoms with Crippen molar-refractivity contribution < 1.29 is 61.5 Å². The van der Waals surface area contributed by atoms with E-state index in [9.17, 15) is 0 Å². The fourth-order valence-corrected chi connectivity index (χ4v) is 0. The van der Waals surface area contributed by atoms with Crippen molar-refractivity contribution in [1.29, 1.82) is 0 Å². The van der Waals surface area contributed by atoms with Crippen LogP contribution in [0.25, 0.3) is 0 Å². The molecule has 0 bridgehead atoms. The Morgan fingerprint density at radius 2 is 1.00 bits per heavy atom. The number of rotatable bonds is 0. The van der Waals surface area contributed by atoms with Crippen LogP contribution in [0.3, 0.4) is 0 Å².